The Balaban J connectivity index is 1.31. The average molecular weight is 438 g/mol. The third-order valence-corrected chi connectivity index (χ3v) is 5.98. The zero-order valence-electron chi connectivity index (χ0n) is 18.8. The van der Waals surface area contributed by atoms with Crippen molar-refractivity contribution in [3.8, 4) is 5.75 Å². The van der Waals surface area contributed by atoms with Crippen LogP contribution in [0.15, 0.2) is 53.7 Å². The maximum absolute atomic E-state index is 13.4. The number of benzene rings is 2. The van der Waals surface area contributed by atoms with Crippen LogP contribution in [-0.2, 0) is 6.42 Å². The van der Waals surface area contributed by atoms with Gasteiger partial charge in [0.2, 0.25) is 0 Å². The van der Waals surface area contributed by atoms with E-state index in [1.807, 2.05) is 24.4 Å². The molecule has 3 N–H and O–H groups in total. The van der Waals surface area contributed by atoms with Crippen LogP contribution in [0.2, 0.25) is 0 Å². The summed E-state index contributed by atoms with van der Waals surface area (Å²) in [6.45, 7) is 6.43. The molecule has 1 aromatic heterocycles. The minimum atomic E-state index is -0.221. The van der Waals surface area contributed by atoms with Crippen molar-refractivity contribution >= 4 is 22.5 Å². The molecule has 0 spiro atoms. The fourth-order valence-corrected chi connectivity index (χ4v) is 4.33. The third kappa shape index (κ3) is 5.15. The number of H-pyrrole nitrogens is 1. The van der Waals surface area contributed by atoms with E-state index in [1.165, 1.54) is 17.7 Å². The number of guanidine groups is 1. The van der Waals surface area contributed by atoms with Crippen LogP contribution in [0.25, 0.3) is 10.9 Å². The van der Waals surface area contributed by atoms with E-state index >= 15 is 0 Å². The van der Waals surface area contributed by atoms with Gasteiger partial charge in [-0.3, -0.25) is 4.99 Å². The van der Waals surface area contributed by atoms with Gasteiger partial charge in [-0.15, -0.1) is 0 Å². The van der Waals surface area contributed by atoms with Crippen LogP contribution >= 0.6 is 0 Å². The van der Waals surface area contributed by atoms with Crippen molar-refractivity contribution in [2.24, 2.45) is 10.9 Å². The number of methoxy groups -OCH3 is 1. The Morgan fingerprint density at radius 3 is 2.97 bits per heavy atom. The van der Waals surface area contributed by atoms with E-state index in [0.29, 0.717) is 5.92 Å². The standard InChI is InChI=1S/C25H32FN5O/c1-3-27-25(28-12-10-19-16-29-22-14-20(26)8-9-21(19)22)30-15-18-11-13-31(17-18)23-6-4-5-7-24(23)32-2/h4-9,14,16,18,29H,3,10-13,15,17H2,1-2H3,(H2,27,28,30). The molecule has 1 aliphatic heterocycles. The highest BCUT2D eigenvalue weighted by Gasteiger charge is 2.24. The first-order valence-corrected chi connectivity index (χ1v) is 11.3. The molecule has 1 saturated heterocycles. The molecule has 7 heteroatoms. The Bertz CT molecular complexity index is 1060. The number of ether oxygens (including phenoxy) is 1. The molecule has 3 aromatic rings. The topological polar surface area (TPSA) is 64.7 Å². The second kappa shape index (κ2) is 10.4. The van der Waals surface area contributed by atoms with E-state index in [4.69, 9.17) is 9.73 Å². The van der Waals surface area contributed by atoms with Crippen LogP contribution in [0.1, 0.15) is 18.9 Å². The van der Waals surface area contributed by atoms with E-state index in [0.717, 1.165) is 73.9 Å². The van der Waals surface area contributed by atoms with E-state index in [9.17, 15) is 4.39 Å². The van der Waals surface area contributed by atoms with Crippen LogP contribution in [-0.4, -0.2) is 50.8 Å². The zero-order chi connectivity index (χ0) is 22.3. The lowest BCUT2D eigenvalue weighted by Gasteiger charge is -2.21. The van der Waals surface area contributed by atoms with Gasteiger partial charge in [0, 0.05) is 49.8 Å². The average Bonchev–Trinajstić information content (AvgIpc) is 3.44. The summed E-state index contributed by atoms with van der Waals surface area (Å²) in [4.78, 5) is 10.4. The van der Waals surface area contributed by atoms with Gasteiger partial charge in [0.1, 0.15) is 11.6 Å². The maximum atomic E-state index is 13.4. The molecule has 1 fully saturated rings. The minimum Gasteiger partial charge on any atom is -0.495 e. The Morgan fingerprint density at radius 1 is 1.25 bits per heavy atom. The molecule has 170 valence electrons. The number of nitrogens with one attached hydrogen (secondary N) is 3. The Morgan fingerprint density at radius 2 is 2.12 bits per heavy atom. The largest absolute Gasteiger partial charge is 0.495 e. The molecule has 0 saturated carbocycles. The number of anilines is 1. The van der Waals surface area contributed by atoms with Gasteiger partial charge in [-0.1, -0.05) is 12.1 Å². The lowest BCUT2D eigenvalue weighted by Crippen LogP contribution is -2.38. The molecule has 1 atom stereocenters. The van der Waals surface area contributed by atoms with Gasteiger partial charge in [-0.25, -0.2) is 4.39 Å². The number of hydrogen-bond donors (Lipinski definition) is 3. The summed E-state index contributed by atoms with van der Waals surface area (Å²) in [5.74, 6) is 2.06. The molecule has 6 nitrogen and oxygen atoms in total. The Kier molecular flexibility index (Phi) is 7.14. The highest BCUT2D eigenvalue weighted by Crippen LogP contribution is 2.32. The highest BCUT2D eigenvalue weighted by molar-refractivity contribution is 5.83. The van der Waals surface area contributed by atoms with Crippen molar-refractivity contribution in [2.45, 2.75) is 19.8 Å². The third-order valence-electron chi connectivity index (χ3n) is 5.98. The molecule has 1 unspecified atom stereocenters. The number of hydrogen-bond acceptors (Lipinski definition) is 3. The lowest BCUT2D eigenvalue weighted by atomic mass is 10.1. The first-order valence-electron chi connectivity index (χ1n) is 11.3. The number of rotatable bonds is 8. The molecular weight excluding hydrogens is 405 g/mol. The molecule has 0 aliphatic carbocycles. The van der Waals surface area contributed by atoms with E-state index in [-0.39, 0.29) is 5.82 Å². The molecule has 1 aliphatic rings. The predicted molar refractivity (Wildman–Crippen MR) is 129 cm³/mol. The number of para-hydroxylation sites is 2. The SMILES string of the molecule is CCNC(=NCC1CCN(c2ccccc2OC)C1)NCCc1c[nH]c2cc(F)ccc12. The van der Waals surface area contributed by atoms with Crippen LogP contribution in [0.3, 0.4) is 0 Å². The zero-order valence-corrected chi connectivity index (χ0v) is 18.8. The number of aromatic nitrogens is 1. The van der Waals surface area contributed by atoms with Gasteiger partial charge in [-0.05, 0) is 61.6 Å². The number of aromatic amines is 1. The smallest absolute Gasteiger partial charge is 0.191 e. The quantitative estimate of drug-likeness (QED) is 0.369. The van der Waals surface area contributed by atoms with Crippen LogP contribution in [0, 0.1) is 11.7 Å². The van der Waals surface area contributed by atoms with E-state index in [1.54, 1.807) is 7.11 Å². The van der Waals surface area contributed by atoms with Crippen molar-refractivity contribution in [3.63, 3.8) is 0 Å². The van der Waals surface area contributed by atoms with Crippen molar-refractivity contribution in [1.29, 1.82) is 0 Å². The summed E-state index contributed by atoms with van der Waals surface area (Å²) in [6, 6.07) is 13.1. The second-order valence-corrected chi connectivity index (χ2v) is 8.17. The molecule has 2 aromatic carbocycles. The van der Waals surface area contributed by atoms with Crippen LogP contribution < -0.4 is 20.3 Å². The van der Waals surface area contributed by atoms with E-state index < -0.39 is 0 Å². The minimum absolute atomic E-state index is 0.221. The fraction of sp³-hybridized carbons (Fsp3) is 0.400. The summed E-state index contributed by atoms with van der Waals surface area (Å²) in [5, 5.41) is 7.84. The number of aliphatic imine (C=N–C) groups is 1. The highest BCUT2D eigenvalue weighted by atomic mass is 19.1. The van der Waals surface area contributed by atoms with Gasteiger partial charge in [0.15, 0.2) is 5.96 Å². The number of halogens is 1. The van der Waals surface area contributed by atoms with Gasteiger partial charge < -0.3 is 25.3 Å². The first-order chi connectivity index (χ1) is 15.7. The summed E-state index contributed by atoms with van der Waals surface area (Å²) >= 11 is 0. The second-order valence-electron chi connectivity index (χ2n) is 8.17. The van der Waals surface area contributed by atoms with E-state index in [2.05, 4.69) is 39.6 Å². The van der Waals surface area contributed by atoms with Gasteiger partial charge in [-0.2, -0.15) is 0 Å². The Labute approximate surface area is 188 Å². The van der Waals surface area contributed by atoms with Crippen LogP contribution in [0.5, 0.6) is 5.75 Å². The summed E-state index contributed by atoms with van der Waals surface area (Å²) in [7, 11) is 1.72. The molecule has 2 heterocycles. The number of nitrogens with zero attached hydrogens (tertiary/aromatic N) is 2. The molecule has 0 bridgehead atoms. The molecule has 32 heavy (non-hydrogen) atoms. The first kappa shape index (κ1) is 22.0. The lowest BCUT2D eigenvalue weighted by molar-refractivity contribution is 0.414. The summed E-state index contributed by atoms with van der Waals surface area (Å²) in [5.41, 5.74) is 3.16. The molecule has 0 amide bonds. The van der Waals surface area contributed by atoms with Crippen molar-refractivity contribution in [1.82, 2.24) is 15.6 Å². The summed E-state index contributed by atoms with van der Waals surface area (Å²) < 4.78 is 18.9. The fourth-order valence-electron chi connectivity index (χ4n) is 4.33. The molecular formula is C25H32FN5O. The van der Waals surface area contributed by atoms with Gasteiger partial charge >= 0.3 is 0 Å². The predicted octanol–water partition coefficient (Wildman–Crippen LogP) is 3.94. The van der Waals surface area contributed by atoms with Crippen molar-refractivity contribution in [2.75, 3.05) is 44.7 Å². The van der Waals surface area contributed by atoms with Gasteiger partial charge in [0.05, 0.1) is 12.8 Å². The van der Waals surface area contributed by atoms with Crippen molar-refractivity contribution in [3.05, 3.63) is 60.0 Å². The molecule has 4 rings (SSSR count). The van der Waals surface area contributed by atoms with Crippen molar-refractivity contribution < 1.29 is 9.13 Å². The van der Waals surface area contributed by atoms with Crippen LogP contribution in [0.4, 0.5) is 10.1 Å². The maximum Gasteiger partial charge on any atom is 0.191 e. The normalized spacial score (nSPS) is 16.5. The monoisotopic (exact) mass is 437 g/mol. The molecule has 0 radical (unpaired) electrons. The summed E-state index contributed by atoms with van der Waals surface area (Å²) in [6.07, 6.45) is 3.91. The number of fused-ring (bicyclic) bond motifs is 1. The Hall–Kier alpha value is -3.22. The van der Waals surface area contributed by atoms with Gasteiger partial charge in [0.25, 0.3) is 0 Å².